The molecule has 90 valence electrons. The largest absolute Gasteiger partial charge is 0.389 e. The van der Waals surface area contributed by atoms with E-state index in [-0.39, 0.29) is 0 Å². The van der Waals surface area contributed by atoms with E-state index in [1.807, 2.05) is 24.4 Å². The Kier molecular flexibility index (Phi) is 3.24. The van der Waals surface area contributed by atoms with E-state index in [1.54, 1.807) is 17.8 Å². The second kappa shape index (κ2) is 4.67. The topological polar surface area (TPSA) is 50.9 Å². The summed E-state index contributed by atoms with van der Waals surface area (Å²) in [4.78, 5) is 4.28. The van der Waals surface area contributed by atoms with Crippen LogP contribution in [-0.4, -0.2) is 19.9 Å². The van der Waals surface area contributed by atoms with Crippen LogP contribution in [0.1, 0.15) is 44.1 Å². The van der Waals surface area contributed by atoms with Gasteiger partial charge in [0.1, 0.15) is 0 Å². The summed E-state index contributed by atoms with van der Waals surface area (Å²) in [5.74, 6) is 1.18. The van der Waals surface area contributed by atoms with Crippen molar-refractivity contribution in [3.05, 3.63) is 41.9 Å². The number of aliphatic hydroxyl groups is 1. The fourth-order valence-electron chi connectivity index (χ4n) is 1.55. The normalized spacial score (nSPS) is 13.0. The predicted octanol–water partition coefficient (Wildman–Crippen LogP) is 2.44. The van der Waals surface area contributed by atoms with E-state index in [1.165, 1.54) is 0 Å². The van der Waals surface area contributed by atoms with Gasteiger partial charge in [0.2, 0.25) is 0 Å². The third kappa shape index (κ3) is 2.53. The molecule has 4 nitrogen and oxygen atoms in total. The molecule has 2 aromatic heterocycles. The maximum absolute atomic E-state index is 9.40. The lowest BCUT2D eigenvalue weighted by molar-refractivity contribution is 0.199. The van der Waals surface area contributed by atoms with Crippen LogP contribution < -0.4 is 0 Å². The Morgan fingerprint density at radius 1 is 1.18 bits per heavy atom. The van der Waals surface area contributed by atoms with Crippen LogP contribution in [0.25, 0.3) is 5.82 Å². The summed E-state index contributed by atoms with van der Waals surface area (Å²) in [5, 5.41) is 13.8. The highest BCUT2D eigenvalue weighted by Gasteiger charge is 2.06. The predicted molar refractivity (Wildman–Crippen MR) is 66.1 cm³/mol. The van der Waals surface area contributed by atoms with Crippen molar-refractivity contribution in [3.8, 4) is 5.82 Å². The minimum Gasteiger partial charge on any atom is -0.389 e. The summed E-state index contributed by atoms with van der Waals surface area (Å²) in [5.41, 5.74) is 1.86. The number of hydrogen-bond acceptors (Lipinski definition) is 3. The quantitative estimate of drug-likeness (QED) is 0.882. The van der Waals surface area contributed by atoms with Crippen molar-refractivity contribution >= 4 is 0 Å². The maximum Gasteiger partial charge on any atom is 0.153 e. The van der Waals surface area contributed by atoms with Crippen molar-refractivity contribution in [3.63, 3.8) is 0 Å². The van der Waals surface area contributed by atoms with Crippen LogP contribution in [0.5, 0.6) is 0 Å². The second-order valence-corrected chi connectivity index (χ2v) is 4.47. The lowest BCUT2D eigenvalue weighted by Crippen LogP contribution is -2.01. The zero-order valence-corrected chi connectivity index (χ0v) is 10.3. The fraction of sp³-hybridized carbons (Fsp3) is 0.385. The monoisotopic (exact) mass is 231 g/mol. The van der Waals surface area contributed by atoms with Crippen molar-refractivity contribution in [2.45, 2.75) is 32.8 Å². The lowest BCUT2D eigenvalue weighted by atomic mass is 10.1. The summed E-state index contributed by atoms with van der Waals surface area (Å²) in [6, 6.07) is 5.72. The molecule has 2 heterocycles. The van der Waals surface area contributed by atoms with Crippen LogP contribution in [-0.2, 0) is 0 Å². The fourth-order valence-corrected chi connectivity index (χ4v) is 1.55. The van der Waals surface area contributed by atoms with Gasteiger partial charge in [-0.15, -0.1) is 0 Å². The Hall–Kier alpha value is -1.68. The number of rotatable bonds is 3. The minimum absolute atomic E-state index is 0.410. The maximum atomic E-state index is 9.40. The van der Waals surface area contributed by atoms with Crippen molar-refractivity contribution in [1.29, 1.82) is 0 Å². The summed E-state index contributed by atoms with van der Waals surface area (Å²) >= 11 is 0. The molecule has 0 amide bonds. The number of nitrogens with zero attached hydrogens (tertiary/aromatic N) is 3. The van der Waals surface area contributed by atoms with E-state index in [0.29, 0.717) is 5.92 Å². The molecule has 0 radical (unpaired) electrons. The Morgan fingerprint density at radius 3 is 2.41 bits per heavy atom. The lowest BCUT2D eigenvalue weighted by Gasteiger charge is -2.05. The zero-order valence-electron chi connectivity index (χ0n) is 10.3. The van der Waals surface area contributed by atoms with E-state index in [2.05, 4.69) is 23.9 Å². The number of pyridine rings is 1. The molecule has 0 saturated carbocycles. The number of aliphatic hydroxyl groups excluding tert-OH is 1. The first kappa shape index (κ1) is 11.8. The molecule has 4 heteroatoms. The van der Waals surface area contributed by atoms with E-state index >= 15 is 0 Å². The molecule has 1 unspecified atom stereocenters. The smallest absolute Gasteiger partial charge is 0.153 e. The molecule has 0 aliphatic rings. The molecule has 0 aliphatic heterocycles. The summed E-state index contributed by atoms with van der Waals surface area (Å²) in [6.45, 7) is 5.94. The van der Waals surface area contributed by atoms with Gasteiger partial charge in [-0.1, -0.05) is 19.9 Å². The third-order valence-corrected chi connectivity index (χ3v) is 2.69. The van der Waals surface area contributed by atoms with Crippen LogP contribution in [0.2, 0.25) is 0 Å². The molecule has 0 spiro atoms. The van der Waals surface area contributed by atoms with Crippen LogP contribution in [0.3, 0.4) is 0 Å². The van der Waals surface area contributed by atoms with Gasteiger partial charge in [0.15, 0.2) is 5.82 Å². The standard InChI is InChI=1S/C13H17N3O/c1-9(2)12-6-7-16(15-12)13-5-4-11(8-14-13)10(3)17/h4-10,17H,1-3H3. The highest BCUT2D eigenvalue weighted by atomic mass is 16.3. The van der Waals surface area contributed by atoms with Crippen LogP contribution >= 0.6 is 0 Å². The van der Waals surface area contributed by atoms with Gasteiger partial charge in [0.05, 0.1) is 11.8 Å². The molecular weight excluding hydrogens is 214 g/mol. The van der Waals surface area contributed by atoms with Gasteiger partial charge in [-0.2, -0.15) is 5.10 Å². The molecule has 0 saturated heterocycles. The van der Waals surface area contributed by atoms with Crippen LogP contribution in [0, 0.1) is 0 Å². The highest BCUT2D eigenvalue weighted by molar-refractivity contribution is 5.26. The summed E-state index contributed by atoms with van der Waals surface area (Å²) in [7, 11) is 0. The zero-order chi connectivity index (χ0) is 12.4. The van der Waals surface area contributed by atoms with Crippen molar-refractivity contribution < 1.29 is 5.11 Å². The Labute approximate surface area is 101 Å². The first-order chi connectivity index (χ1) is 8.08. The number of hydrogen-bond donors (Lipinski definition) is 1. The molecule has 17 heavy (non-hydrogen) atoms. The van der Waals surface area contributed by atoms with Crippen LogP contribution in [0.4, 0.5) is 0 Å². The van der Waals surface area contributed by atoms with Crippen LogP contribution in [0.15, 0.2) is 30.6 Å². The molecular formula is C13H17N3O. The summed E-state index contributed by atoms with van der Waals surface area (Å²) in [6.07, 6.45) is 3.09. The molecule has 0 fully saturated rings. The van der Waals surface area contributed by atoms with Gasteiger partial charge >= 0.3 is 0 Å². The SMILES string of the molecule is CC(C)c1ccn(-c2ccc(C(C)O)cn2)n1. The van der Waals surface area contributed by atoms with Crippen molar-refractivity contribution in [2.75, 3.05) is 0 Å². The van der Waals surface area contributed by atoms with Gasteiger partial charge in [0.25, 0.3) is 0 Å². The second-order valence-electron chi connectivity index (χ2n) is 4.47. The average molecular weight is 231 g/mol. The first-order valence-corrected chi connectivity index (χ1v) is 5.78. The van der Waals surface area contributed by atoms with Gasteiger partial charge in [0, 0.05) is 12.4 Å². The van der Waals surface area contributed by atoms with E-state index in [0.717, 1.165) is 17.1 Å². The summed E-state index contributed by atoms with van der Waals surface area (Å²) < 4.78 is 1.75. The van der Waals surface area contributed by atoms with Crippen molar-refractivity contribution in [2.24, 2.45) is 0 Å². The highest BCUT2D eigenvalue weighted by Crippen LogP contribution is 2.15. The van der Waals surface area contributed by atoms with Gasteiger partial charge in [-0.3, -0.25) is 0 Å². The minimum atomic E-state index is -0.486. The molecule has 0 aliphatic carbocycles. The molecule has 2 aromatic rings. The van der Waals surface area contributed by atoms with Gasteiger partial charge < -0.3 is 5.11 Å². The molecule has 1 atom stereocenters. The van der Waals surface area contributed by atoms with Gasteiger partial charge in [-0.05, 0) is 30.5 Å². The van der Waals surface area contributed by atoms with Crippen molar-refractivity contribution in [1.82, 2.24) is 14.8 Å². The van der Waals surface area contributed by atoms with E-state index in [9.17, 15) is 5.11 Å². The third-order valence-electron chi connectivity index (χ3n) is 2.69. The molecule has 2 rings (SSSR count). The Morgan fingerprint density at radius 2 is 1.94 bits per heavy atom. The first-order valence-electron chi connectivity index (χ1n) is 5.78. The number of aromatic nitrogens is 3. The van der Waals surface area contributed by atoms with E-state index in [4.69, 9.17) is 0 Å². The van der Waals surface area contributed by atoms with E-state index < -0.39 is 6.10 Å². The molecule has 1 N–H and O–H groups in total. The van der Waals surface area contributed by atoms with Gasteiger partial charge in [-0.25, -0.2) is 9.67 Å². The molecule has 0 aromatic carbocycles. The average Bonchev–Trinajstić information content (AvgIpc) is 2.78. The Balaban J connectivity index is 2.27. The Bertz CT molecular complexity index is 486. The molecule has 0 bridgehead atoms.